The van der Waals surface area contributed by atoms with Gasteiger partial charge in [0.2, 0.25) is 11.8 Å². The molecule has 1 N–H and O–H groups in total. The van der Waals surface area contributed by atoms with Gasteiger partial charge in [-0.3, -0.25) is 4.79 Å². The van der Waals surface area contributed by atoms with Crippen molar-refractivity contribution in [3.63, 3.8) is 0 Å². The summed E-state index contributed by atoms with van der Waals surface area (Å²) >= 11 is 0. The number of carbonyl (C=O) groups is 1. The average Bonchev–Trinajstić information content (AvgIpc) is 3.03. The van der Waals surface area contributed by atoms with Crippen LogP contribution in [0.2, 0.25) is 0 Å². The standard InChI is InChI=1S/C21H18N2O2/c1-2-5-20(24)22-17-10-8-14(9-11-17)21-23-18-12-15-6-3-4-7-16(15)13-19(18)25-21/h3-4,6-13H,2,5H2,1H3,(H,22,24). The molecule has 0 bridgehead atoms. The molecule has 0 aliphatic carbocycles. The van der Waals surface area contributed by atoms with Crippen LogP contribution in [-0.4, -0.2) is 10.9 Å². The molecule has 4 rings (SSSR count). The normalized spacial score (nSPS) is 11.1. The lowest BCUT2D eigenvalue weighted by Crippen LogP contribution is -2.10. The Balaban J connectivity index is 1.64. The van der Waals surface area contributed by atoms with E-state index in [-0.39, 0.29) is 5.91 Å². The molecule has 4 heteroatoms. The maximum absolute atomic E-state index is 11.7. The van der Waals surface area contributed by atoms with Gasteiger partial charge in [0, 0.05) is 17.7 Å². The number of anilines is 1. The van der Waals surface area contributed by atoms with E-state index in [2.05, 4.69) is 22.4 Å². The van der Waals surface area contributed by atoms with Crippen LogP contribution in [-0.2, 0) is 4.79 Å². The van der Waals surface area contributed by atoms with Crippen LogP contribution in [0.4, 0.5) is 5.69 Å². The number of nitrogens with one attached hydrogen (secondary N) is 1. The Morgan fingerprint density at radius 3 is 2.48 bits per heavy atom. The first-order valence-corrected chi connectivity index (χ1v) is 8.42. The molecular weight excluding hydrogens is 312 g/mol. The Bertz CT molecular complexity index is 996. The van der Waals surface area contributed by atoms with Gasteiger partial charge in [0.15, 0.2) is 5.58 Å². The second-order valence-corrected chi connectivity index (χ2v) is 6.06. The van der Waals surface area contributed by atoms with E-state index in [9.17, 15) is 4.79 Å². The highest BCUT2D eigenvalue weighted by atomic mass is 16.3. The molecule has 0 aliphatic rings. The fourth-order valence-corrected chi connectivity index (χ4v) is 2.88. The molecule has 4 aromatic rings. The first-order valence-electron chi connectivity index (χ1n) is 8.42. The molecule has 0 spiro atoms. The molecule has 0 fully saturated rings. The van der Waals surface area contributed by atoms with Gasteiger partial charge in [0.25, 0.3) is 0 Å². The van der Waals surface area contributed by atoms with E-state index in [4.69, 9.17) is 4.42 Å². The number of benzene rings is 3. The third-order valence-corrected chi connectivity index (χ3v) is 4.15. The van der Waals surface area contributed by atoms with Gasteiger partial charge in [-0.05, 0) is 53.6 Å². The van der Waals surface area contributed by atoms with Crippen molar-refractivity contribution >= 4 is 33.5 Å². The Kier molecular flexibility index (Phi) is 3.94. The summed E-state index contributed by atoms with van der Waals surface area (Å²) in [6.45, 7) is 1.99. The predicted octanol–water partition coefficient (Wildman–Crippen LogP) is 5.39. The highest BCUT2D eigenvalue weighted by Crippen LogP contribution is 2.28. The van der Waals surface area contributed by atoms with Gasteiger partial charge in [-0.1, -0.05) is 31.2 Å². The van der Waals surface area contributed by atoms with Crippen molar-refractivity contribution in [3.8, 4) is 11.5 Å². The van der Waals surface area contributed by atoms with Crippen LogP contribution in [0.25, 0.3) is 33.3 Å². The van der Waals surface area contributed by atoms with Crippen LogP contribution in [0.1, 0.15) is 19.8 Å². The van der Waals surface area contributed by atoms with Gasteiger partial charge >= 0.3 is 0 Å². The van der Waals surface area contributed by atoms with E-state index in [1.807, 2.05) is 55.5 Å². The van der Waals surface area contributed by atoms with Gasteiger partial charge in [0.1, 0.15) is 5.52 Å². The van der Waals surface area contributed by atoms with E-state index in [1.54, 1.807) is 0 Å². The molecule has 0 aliphatic heterocycles. The van der Waals surface area contributed by atoms with E-state index in [0.29, 0.717) is 12.3 Å². The van der Waals surface area contributed by atoms with Crippen LogP contribution in [0.15, 0.2) is 65.1 Å². The molecule has 3 aromatic carbocycles. The Morgan fingerprint density at radius 1 is 1.04 bits per heavy atom. The number of fused-ring (bicyclic) bond motifs is 2. The van der Waals surface area contributed by atoms with Gasteiger partial charge in [-0.2, -0.15) is 0 Å². The largest absolute Gasteiger partial charge is 0.436 e. The van der Waals surface area contributed by atoms with Crippen molar-refractivity contribution < 1.29 is 9.21 Å². The maximum Gasteiger partial charge on any atom is 0.227 e. The maximum atomic E-state index is 11.7. The number of oxazole rings is 1. The lowest BCUT2D eigenvalue weighted by atomic mass is 10.1. The highest BCUT2D eigenvalue weighted by molar-refractivity contribution is 5.95. The molecule has 25 heavy (non-hydrogen) atoms. The lowest BCUT2D eigenvalue weighted by molar-refractivity contribution is -0.116. The van der Waals surface area contributed by atoms with E-state index in [1.165, 1.54) is 0 Å². The Morgan fingerprint density at radius 2 is 1.76 bits per heavy atom. The SMILES string of the molecule is CCCC(=O)Nc1ccc(-c2nc3cc4ccccc4cc3o2)cc1. The van der Waals surface area contributed by atoms with Crippen molar-refractivity contribution in [1.29, 1.82) is 0 Å². The summed E-state index contributed by atoms with van der Waals surface area (Å²) < 4.78 is 5.92. The van der Waals surface area contributed by atoms with Crippen molar-refractivity contribution in [2.45, 2.75) is 19.8 Å². The topological polar surface area (TPSA) is 55.1 Å². The molecular formula is C21H18N2O2. The van der Waals surface area contributed by atoms with Crippen molar-refractivity contribution in [2.24, 2.45) is 0 Å². The first kappa shape index (κ1) is 15.4. The molecule has 0 unspecified atom stereocenters. The lowest BCUT2D eigenvalue weighted by Gasteiger charge is -2.04. The summed E-state index contributed by atoms with van der Waals surface area (Å²) in [6, 6.07) is 19.8. The number of hydrogen-bond acceptors (Lipinski definition) is 3. The zero-order chi connectivity index (χ0) is 17.2. The zero-order valence-electron chi connectivity index (χ0n) is 14.0. The smallest absolute Gasteiger partial charge is 0.227 e. The second-order valence-electron chi connectivity index (χ2n) is 6.06. The van der Waals surface area contributed by atoms with Gasteiger partial charge in [0.05, 0.1) is 0 Å². The molecule has 1 aromatic heterocycles. The minimum absolute atomic E-state index is 0.0313. The van der Waals surface area contributed by atoms with Crippen LogP contribution in [0.3, 0.4) is 0 Å². The second kappa shape index (κ2) is 6.40. The third-order valence-electron chi connectivity index (χ3n) is 4.15. The number of aromatic nitrogens is 1. The average molecular weight is 330 g/mol. The van der Waals surface area contributed by atoms with Crippen molar-refractivity contribution in [3.05, 3.63) is 60.7 Å². The quantitative estimate of drug-likeness (QED) is 0.546. The van der Waals surface area contributed by atoms with Gasteiger partial charge < -0.3 is 9.73 Å². The molecule has 0 saturated heterocycles. The Hall–Kier alpha value is -3.14. The summed E-state index contributed by atoms with van der Waals surface area (Å²) in [5.74, 6) is 0.612. The summed E-state index contributed by atoms with van der Waals surface area (Å²) in [6.07, 6.45) is 1.36. The summed E-state index contributed by atoms with van der Waals surface area (Å²) in [5, 5.41) is 5.15. The summed E-state index contributed by atoms with van der Waals surface area (Å²) in [4.78, 5) is 16.3. The molecule has 0 atom stereocenters. The number of amides is 1. The fraction of sp³-hybridized carbons (Fsp3) is 0.143. The molecule has 1 heterocycles. The minimum atomic E-state index is 0.0313. The molecule has 4 nitrogen and oxygen atoms in total. The van der Waals surface area contributed by atoms with Crippen molar-refractivity contribution in [2.75, 3.05) is 5.32 Å². The number of rotatable bonds is 4. The van der Waals surface area contributed by atoms with Crippen LogP contribution >= 0.6 is 0 Å². The van der Waals surface area contributed by atoms with E-state index >= 15 is 0 Å². The summed E-state index contributed by atoms with van der Waals surface area (Å²) in [5.41, 5.74) is 3.28. The van der Waals surface area contributed by atoms with E-state index in [0.717, 1.165) is 39.5 Å². The van der Waals surface area contributed by atoms with Gasteiger partial charge in [-0.25, -0.2) is 4.98 Å². The fourth-order valence-electron chi connectivity index (χ4n) is 2.88. The van der Waals surface area contributed by atoms with Crippen molar-refractivity contribution in [1.82, 2.24) is 4.98 Å². The molecule has 0 saturated carbocycles. The molecule has 124 valence electrons. The minimum Gasteiger partial charge on any atom is -0.436 e. The highest BCUT2D eigenvalue weighted by Gasteiger charge is 2.10. The first-order chi connectivity index (χ1) is 12.2. The molecule has 0 radical (unpaired) electrons. The number of carbonyl (C=O) groups excluding carboxylic acids is 1. The summed E-state index contributed by atoms with van der Waals surface area (Å²) in [7, 11) is 0. The zero-order valence-corrected chi connectivity index (χ0v) is 14.0. The molecule has 1 amide bonds. The van der Waals surface area contributed by atoms with Crippen LogP contribution < -0.4 is 5.32 Å². The Labute approximate surface area is 145 Å². The van der Waals surface area contributed by atoms with E-state index < -0.39 is 0 Å². The third kappa shape index (κ3) is 3.11. The predicted molar refractivity (Wildman–Crippen MR) is 100 cm³/mol. The van der Waals surface area contributed by atoms with Crippen LogP contribution in [0.5, 0.6) is 0 Å². The van der Waals surface area contributed by atoms with Gasteiger partial charge in [-0.15, -0.1) is 0 Å². The number of hydrogen-bond donors (Lipinski definition) is 1. The monoisotopic (exact) mass is 330 g/mol. The van der Waals surface area contributed by atoms with Crippen LogP contribution in [0, 0.1) is 0 Å². The number of nitrogens with zero attached hydrogens (tertiary/aromatic N) is 1.